The minimum absolute atomic E-state index is 0.0905. The summed E-state index contributed by atoms with van der Waals surface area (Å²) in [6.45, 7) is 7.22. The van der Waals surface area contributed by atoms with Crippen molar-refractivity contribution in [2.24, 2.45) is 0 Å². The van der Waals surface area contributed by atoms with Gasteiger partial charge in [-0.05, 0) is 33.3 Å². The van der Waals surface area contributed by atoms with Gasteiger partial charge in [-0.1, -0.05) is 0 Å². The first-order chi connectivity index (χ1) is 8.13. The molecule has 1 rings (SSSR count). The van der Waals surface area contributed by atoms with E-state index in [2.05, 4.69) is 0 Å². The quantitative estimate of drug-likeness (QED) is 0.776. The average molecular weight is 269 g/mol. The summed E-state index contributed by atoms with van der Waals surface area (Å²) >= 11 is 1.27. The Kier molecular flexibility index (Phi) is 4.16. The van der Waals surface area contributed by atoms with E-state index in [1.807, 2.05) is 20.8 Å². The lowest BCUT2D eigenvalue weighted by atomic mass is 10.1. The van der Waals surface area contributed by atoms with Crippen molar-refractivity contribution in [1.82, 2.24) is 4.90 Å². The number of rotatable bonds is 2. The molecule has 0 aliphatic rings. The molecule has 1 aromatic heterocycles. The van der Waals surface area contributed by atoms with Crippen LogP contribution in [0.15, 0.2) is 5.38 Å². The number of hydrogen-bond donors (Lipinski definition) is 0. The zero-order chi connectivity index (χ0) is 14.1. The first-order valence-electron chi connectivity index (χ1n) is 5.66. The van der Waals surface area contributed by atoms with E-state index in [1.165, 1.54) is 16.2 Å². The first-order valence-corrected chi connectivity index (χ1v) is 6.54. The predicted octanol–water partition coefficient (Wildman–Crippen LogP) is 2.71. The van der Waals surface area contributed by atoms with Gasteiger partial charge in [0.25, 0.3) is 5.91 Å². The van der Waals surface area contributed by atoms with Crippen LogP contribution in [0.2, 0.25) is 0 Å². The van der Waals surface area contributed by atoms with Gasteiger partial charge < -0.3 is 9.64 Å². The van der Waals surface area contributed by atoms with Gasteiger partial charge >= 0.3 is 5.97 Å². The predicted molar refractivity (Wildman–Crippen MR) is 72.2 cm³/mol. The Labute approximate surface area is 112 Å². The second-order valence-corrected chi connectivity index (χ2v) is 6.18. The van der Waals surface area contributed by atoms with Gasteiger partial charge in [0.05, 0.1) is 10.4 Å². The standard InChI is InChI=1S/C13H19NO3S/c1-8-9(12(16)17-13(2,3)4)7-18-10(8)11(15)14(5)6/h7H,1-6H3. The smallest absolute Gasteiger partial charge is 0.339 e. The zero-order valence-electron chi connectivity index (χ0n) is 11.7. The molecule has 0 unspecified atom stereocenters. The van der Waals surface area contributed by atoms with Gasteiger partial charge in [-0.2, -0.15) is 0 Å². The van der Waals surface area contributed by atoms with E-state index >= 15 is 0 Å². The lowest BCUT2D eigenvalue weighted by molar-refractivity contribution is 0.00694. The second-order valence-electron chi connectivity index (χ2n) is 5.30. The molecule has 0 bridgehead atoms. The second kappa shape index (κ2) is 5.10. The first kappa shape index (κ1) is 14.7. The van der Waals surface area contributed by atoms with Gasteiger partial charge in [0.2, 0.25) is 0 Å². The van der Waals surface area contributed by atoms with Crippen LogP contribution in [0.25, 0.3) is 0 Å². The van der Waals surface area contributed by atoms with Gasteiger partial charge in [-0.25, -0.2) is 4.79 Å². The highest BCUT2D eigenvalue weighted by molar-refractivity contribution is 7.12. The van der Waals surface area contributed by atoms with E-state index in [0.717, 1.165) is 0 Å². The van der Waals surface area contributed by atoms with Gasteiger partial charge in [0, 0.05) is 19.5 Å². The van der Waals surface area contributed by atoms with Crippen LogP contribution in [-0.2, 0) is 4.74 Å². The van der Waals surface area contributed by atoms with Crippen LogP contribution in [-0.4, -0.2) is 36.5 Å². The fourth-order valence-electron chi connectivity index (χ4n) is 1.37. The van der Waals surface area contributed by atoms with Crippen LogP contribution >= 0.6 is 11.3 Å². The van der Waals surface area contributed by atoms with Gasteiger partial charge in [-0.15, -0.1) is 11.3 Å². The van der Waals surface area contributed by atoms with Crippen LogP contribution in [0, 0.1) is 6.92 Å². The SMILES string of the molecule is Cc1c(C(=O)OC(C)(C)C)csc1C(=O)N(C)C. The summed E-state index contributed by atoms with van der Waals surface area (Å²) in [5, 5.41) is 1.68. The molecule has 1 heterocycles. The molecule has 0 N–H and O–H groups in total. The lowest BCUT2D eigenvalue weighted by Crippen LogP contribution is -2.24. The van der Waals surface area contributed by atoms with E-state index < -0.39 is 5.60 Å². The number of hydrogen-bond acceptors (Lipinski definition) is 4. The Bertz CT molecular complexity index is 469. The number of ether oxygens (including phenoxy) is 1. The molecule has 0 fully saturated rings. The highest BCUT2D eigenvalue weighted by Gasteiger charge is 2.24. The molecular weight excluding hydrogens is 250 g/mol. The fourth-order valence-corrected chi connectivity index (χ4v) is 2.44. The Hall–Kier alpha value is -1.36. The van der Waals surface area contributed by atoms with Crippen molar-refractivity contribution in [2.45, 2.75) is 33.3 Å². The van der Waals surface area contributed by atoms with Crippen molar-refractivity contribution < 1.29 is 14.3 Å². The van der Waals surface area contributed by atoms with Crippen LogP contribution in [0.5, 0.6) is 0 Å². The summed E-state index contributed by atoms with van der Waals surface area (Å²) in [5.74, 6) is -0.471. The van der Waals surface area contributed by atoms with Crippen LogP contribution in [0.3, 0.4) is 0 Å². The van der Waals surface area contributed by atoms with Crippen molar-refractivity contribution in [1.29, 1.82) is 0 Å². The summed E-state index contributed by atoms with van der Waals surface area (Å²) in [6.07, 6.45) is 0. The van der Waals surface area contributed by atoms with Crippen LogP contribution in [0.1, 0.15) is 46.4 Å². The molecule has 0 aliphatic carbocycles. The van der Waals surface area contributed by atoms with E-state index in [9.17, 15) is 9.59 Å². The molecule has 5 heteroatoms. The molecule has 100 valence electrons. The minimum atomic E-state index is -0.531. The minimum Gasteiger partial charge on any atom is -0.456 e. The molecule has 0 spiro atoms. The monoisotopic (exact) mass is 269 g/mol. The third-order valence-corrected chi connectivity index (χ3v) is 3.33. The number of thiophene rings is 1. The maximum Gasteiger partial charge on any atom is 0.339 e. The van der Waals surface area contributed by atoms with Crippen molar-refractivity contribution in [2.75, 3.05) is 14.1 Å². The van der Waals surface area contributed by atoms with Crippen molar-refractivity contribution >= 4 is 23.2 Å². The number of amides is 1. The van der Waals surface area contributed by atoms with Gasteiger partial charge in [0.1, 0.15) is 5.60 Å². The largest absolute Gasteiger partial charge is 0.456 e. The maximum atomic E-state index is 11.9. The van der Waals surface area contributed by atoms with Crippen LogP contribution in [0.4, 0.5) is 0 Å². The summed E-state index contributed by atoms with van der Waals surface area (Å²) in [7, 11) is 3.38. The zero-order valence-corrected chi connectivity index (χ0v) is 12.5. The van der Waals surface area contributed by atoms with E-state index in [-0.39, 0.29) is 11.9 Å². The molecule has 0 atom stereocenters. The number of carbonyl (C=O) groups is 2. The van der Waals surface area contributed by atoms with Crippen molar-refractivity contribution in [3.05, 3.63) is 21.4 Å². The number of nitrogens with zero attached hydrogens (tertiary/aromatic N) is 1. The Morgan fingerprint density at radius 2 is 1.83 bits per heavy atom. The molecule has 0 radical (unpaired) electrons. The highest BCUT2D eigenvalue weighted by Crippen LogP contribution is 2.25. The maximum absolute atomic E-state index is 11.9. The fraction of sp³-hybridized carbons (Fsp3) is 0.538. The van der Waals surface area contributed by atoms with Gasteiger partial charge in [-0.3, -0.25) is 4.79 Å². The highest BCUT2D eigenvalue weighted by atomic mass is 32.1. The lowest BCUT2D eigenvalue weighted by Gasteiger charge is -2.19. The molecule has 4 nitrogen and oxygen atoms in total. The Morgan fingerprint density at radius 1 is 1.28 bits per heavy atom. The van der Waals surface area contributed by atoms with Crippen molar-refractivity contribution in [3.8, 4) is 0 Å². The topological polar surface area (TPSA) is 46.6 Å². The Morgan fingerprint density at radius 3 is 2.28 bits per heavy atom. The molecule has 0 saturated heterocycles. The molecule has 0 saturated carbocycles. The summed E-state index contributed by atoms with van der Waals surface area (Å²) < 4.78 is 5.30. The summed E-state index contributed by atoms with van der Waals surface area (Å²) in [4.78, 5) is 25.9. The molecule has 18 heavy (non-hydrogen) atoms. The number of carbonyl (C=O) groups excluding carboxylic acids is 2. The molecule has 0 aromatic carbocycles. The Balaban J connectivity index is 3.01. The number of esters is 1. The molecule has 1 amide bonds. The van der Waals surface area contributed by atoms with E-state index in [4.69, 9.17) is 4.74 Å². The third-order valence-electron chi connectivity index (χ3n) is 2.26. The van der Waals surface area contributed by atoms with Gasteiger partial charge in [0.15, 0.2) is 0 Å². The summed E-state index contributed by atoms with van der Waals surface area (Å²) in [5.41, 5.74) is 0.630. The normalized spacial score (nSPS) is 11.2. The summed E-state index contributed by atoms with van der Waals surface area (Å²) in [6, 6.07) is 0. The molecule has 1 aromatic rings. The average Bonchev–Trinajstić information content (AvgIpc) is 2.56. The van der Waals surface area contributed by atoms with E-state index in [0.29, 0.717) is 16.0 Å². The molecular formula is C13H19NO3S. The van der Waals surface area contributed by atoms with Crippen molar-refractivity contribution in [3.63, 3.8) is 0 Å². The van der Waals surface area contributed by atoms with E-state index in [1.54, 1.807) is 26.4 Å². The molecule has 0 aliphatic heterocycles. The van der Waals surface area contributed by atoms with Crippen LogP contribution < -0.4 is 0 Å². The third kappa shape index (κ3) is 3.32.